The molecule has 5 heteroatoms. The van der Waals surface area contributed by atoms with Crippen molar-refractivity contribution in [2.75, 3.05) is 26.0 Å². The quantitative estimate of drug-likeness (QED) is 0.885. The van der Waals surface area contributed by atoms with E-state index < -0.39 is 0 Å². The van der Waals surface area contributed by atoms with Crippen LogP contribution < -0.4 is 10.2 Å². The van der Waals surface area contributed by atoms with Crippen LogP contribution in [0.2, 0.25) is 5.15 Å². The average molecular weight is 239 g/mol. The maximum absolute atomic E-state index is 6.11. The molecule has 86 valence electrons. The largest absolute Gasteiger partial charge is 0.364 e. The molecule has 0 aliphatic heterocycles. The minimum atomic E-state index is 0.550. The number of hydrogen-bond donors (Lipinski definition) is 1. The van der Waals surface area contributed by atoms with Gasteiger partial charge in [0.2, 0.25) is 0 Å². The van der Waals surface area contributed by atoms with E-state index in [1.165, 1.54) is 0 Å². The summed E-state index contributed by atoms with van der Waals surface area (Å²) in [6.45, 7) is 0.693. The van der Waals surface area contributed by atoms with Crippen LogP contribution in [0.25, 0.3) is 5.52 Å². The van der Waals surface area contributed by atoms with E-state index in [1.54, 1.807) is 0 Å². The Morgan fingerprint density at radius 1 is 1.44 bits per heavy atom. The van der Waals surface area contributed by atoms with Gasteiger partial charge in [-0.15, -0.1) is 0 Å². The molecular formula is C11H15ClN4. The van der Waals surface area contributed by atoms with Crippen molar-refractivity contribution in [3.63, 3.8) is 0 Å². The van der Waals surface area contributed by atoms with Crippen molar-refractivity contribution in [1.29, 1.82) is 0 Å². The molecule has 0 amide bonds. The third-order valence-electron chi connectivity index (χ3n) is 2.46. The second-order valence-electron chi connectivity index (χ2n) is 3.85. The van der Waals surface area contributed by atoms with Crippen LogP contribution in [0.5, 0.6) is 0 Å². The molecule has 0 saturated carbocycles. The van der Waals surface area contributed by atoms with Crippen LogP contribution in [0.15, 0.2) is 18.2 Å². The highest BCUT2D eigenvalue weighted by molar-refractivity contribution is 6.32. The lowest BCUT2D eigenvalue weighted by molar-refractivity contribution is 0.753. The Kier molecular flexibility index (Phi) is 3.03. The van der Waals surface area contributed by atoms with Crippen LogP contribution in [0.4, 0.5) is 5.82 Å². The first-order valence-corrected chi connectivity index (χ1v) is 5.50. The van der Waals surface area contributed by atoms with E-state index in [-0.39, 0.29) is 0 Å². The van der Waals surface area contributed by atoms with E-state index >= 15 is 0 Å². The summed E-state index contributed by atoms with van der Waals surface area (Å²) in [7, 11) is 5.91. The Bertz CT molecular complexity index is 504. The number of halogens is 1. The number of hydrogen-bond acceptors (Lipinski definition) is 3. The van der Waals surface area contributed by atoms with E-state index in [0.29, 0.717) is 11.7 Å². The summed E-state index contributed by atoms with van der Waals surface area (Å²) in [4.78, 5) is 6.41. The highest BCUT2D eigenvalue weighted by Gasteiger charge is 2.12. The van der Waals surface area contributed by atoms with Gasteiger partial charge < -0.3 is 10.2 Å². The lowest BCUT2D eigenvalue weighted by Gasteiger charge is -2.16. The zero-order valence-corrected chi connectivity index (χ0v) is 10.4. The lowest BCUT2D eigenvalue weighted by atomic mass is 10.4. The molecule has 0 spiro atoms. The first-order chi connectivity index (χ1) is 7.65. The van der Waals surface area contributed by atoms with Crippen molar-refractivity contribution < 1.29 is 0 Å². The summed E-state index contributed by atoms with van der Waals surface area (Å²) >= 11 is 6.11. The fourth-order valence-electron chi connectivity index (χ4n) is 1.78. The molecule has 0 radical (unpaired) electrons. The highest BCUT2D eigenvalue weighted by Crippen LogP contribution is 2.23. The van der Waals surface area contributed by atoms with Crippen LogP contribution in [0.1, 0.15) is 5.82 Å². The first-order valence-electron chi connectivity index (χ1n) is 5.13. The van der Waals surface area contributed by atoms with Gasteiger partial charge in [0.25, 0.3) is 0 Å². The molecule has 0 fully saturated rings. The third kappa shape index (κ3) is 1.74. The zero-order chi connectivity index (χ0) is 11.7. The maximum atomic E-state index is 6.11. The molecule has 2 aromatic heterocycles. The van der Waals surface area contributed by atoms with Crippen molar-refractivity contribution in [2.24, 2.45) is 0 Å². The summed E-state index contributed by atoms with van der Waals surface area (Å²) in [5.41, 5.74) is 0.943. The highest BCUT2D eigenvalue weighted by atomic mass is 35.5. The second-order valence-corrected chi connectivity index (χ2v) is 4.21. The van der Waals surface area contributed by atoms with E-state index in [9.17, 15) is 0 Å². The predicted molar refractivity (Wildman–Crippen MR) is 67.3 cm³/mol. The minimum Gasteiger partial charge on any atom is -0.364 e. The van der Waals surface area contributed by atoms with Gasteiger partial charge in [-0.2, -0.15) is 0 Å². The van der Waals surface area contributed by atoms with Gasteiger partial charge >= 0.3 is 0 Å². The zero-order valence-electron chi connectivity index (χ0n) is 9.66. The van der Waals surface area contributed by atoms with Crippen LogP contribution in [0, 0.1) is 0 Å². The van der Waals surface area contributed by atoms with Gasteiger partial charge in [0, 0.05) is 14.1 Å². The lowest BCUT2D eigenvalue weighted by Crippen LogP contribution is -2.16. The van der Waals surface area contributed by atoms with Crippen LogP contribution >= 0.6 is 11.6 Å². The monoisotopic (exact) mass is 238 g/mol. The molecule has 2 rings (SSSR count). The second kappa shape index (κ2) is 4.31. The number of nitrogens with zero attached hydrogens (tertiary/aromatic N) is 3. The van der Waals surface area contributed by atoms with Crippen molar-refractivity contribution in [3.05, 3.63) is 29.2 Å². The number of pyridine rings is 1. The van der Waals surface area contributed by atoms with Crippen molar-refractivity contribution in [1.82, 2.24) is 14.7 Å². The Morgan fingerprint density at radius 2 is 2.19 bits per heavy atom. The molecule has 0 unspecified atom stereocenters. The van der Waals surface area contributed by atoms with E-state index in [0.717, 1.165) is 17.2 Å². The Labute approximate surface area is 99.8 Å². The van der Waals surface area contributed by atoms with Gasteiger partial charge in [0.1, 0.15) is 11.6 Å². The molecule has 0 aliphatic rings. The van der Waals surface area contributed by atoms with Gasteiger partial charge in [-0.1, -0.05) is 17.7 Å². The molecule has 0 aromatic carbocycles. The summed E-state index contributed by atoms with van der Waals surface area (Å²) < 4.78 is 2.07. The van der Waals surface area contributed by atoms with E-state index in [2.05, 4.69) is 14.7 Å². The van der Waals surface area contributed by atoms with Crippen molar-refractivity contribution in [2.45, 2.75) is 6.54 Å². The fraction of sp³-hybridized carbons (Fsp3) is 0.364. The Morgan fingerprint density at radius 3 is 2.81 bits per heavy atom. The summed E-state index contributed by atoms with van der Waals surface area (Å²) in [6.07, 6.45) is 0. The number of fused-ring (bicyclic) bond motifs is 1. The van der Waals surface area contributed by atoms with Gasteiger partial charge in [0.15, 0.2) is 5.15 Å². The maximum Gasteiger partial charge on any atom is 0.155 e. The number of nitrogens with one attached hydrogen (secondary N) is 1. The Balaban J connectivity index is 2.72. The van der Waals surface area contributed by atoms with Gasteiger partial charge in [-0.05, 0) is 19.2 Å². The molecule has 0 saturated heterocycles. The van der Waals surface area contributed by atoms with Gasteiger partial charge in [-0.3, -0.25) is 4.40 Å². The third-order valence-corrected chi connectivity index (χ3v) is 2.74. The molecule has 1 N–H and O–H groups in total. The van der Waals surface area contributed by atoms with Gasteiger partial charge in [-0.25, -0.2) is 4.98 Å². The number of rotatable bonds is 3. The summed E-state index contributed by atoms with van der Waals surface area (Å²) in [5, 5.41) is 3.65. The summed E-state index contributed by atoms with van der Waals surface area (Å²) in [5.74, 6) is 1.99. The van der Waals surface area contributed by atoms with E-state index in [1.807, 2.05) is 44.2 Å². The normalized spacial score (nSPS) is 11.0. The molecular weight excluding hydrogens is 224 g/mol. The average Bonchev–Trinajstić information content (AvgIpc) is 2.57. The predicted octanol–water partition coefficient (Wildman–Crippen LogP) is 1.77. The van der Waals surface area contributed by atoms with Crippen molar-refractivity contribution in [3.8, 4) is 0 Å². The molecule has 0 aliphatic carbocycles. The van der Waals surface area contributed by atoms with Crippen molar-refractivity contribution >= 4 is 22.9 Å². The van der Waals surface area contributed by atoms with Crippen LogP contribution in [0.3, 0.4) is 0 Å². The number of imidazole rings is 1. The molecule has 0 atom stereocenters. The number of anilines is 1. The standard InChI is InChI=1S/C11H15ClN4/c1-13-7-9-14-11(12)8-5-4-6-10(15(2)3)16(8)9/h4-6,13H,7H2,1-3H3. The van der Waals surface area contributed by atoms with Crippen LogP contribution in [-0.4, -0.2) is 30.5 Å². The molecule has 0 bridgehead atoms. The first kappa shape index (κ1) is 11.2. The summed E-state index contributed by atoms with van der Waals surface area (Å²) in [6, 6.07) is 6.01. The van der Waals surface area contributed by atoms with Gasteiger partial charge in [0.05, 0.1) is 12.1 Å². The SMILES string of the molecule is CNCc1nc(Cl)c2cccc(N(C)C)n12. The molecule has 2 heterocycles. The molecule has 16 heavy (non-hydrogen) atoms. The molecule has 2 aromatic rings. The molecule has 4 nitrogen and oxygen atoms in total. The Hall–Kier alpha value is -1.26. The topological polar surface area (TPSA) is 32.6 Å². The smallest absolute Gasteiger partial charge is 0.155 e. The fourth-order valence-corrected chi connectivity index (χ4v) is 2.02. The minimum absolute atomic E-state index is 0.550. The van der Waals surface area contributed by atoms with E-state index in [4.69, 9.17) is 11.6 Å². The van der Waals surface area contributed by atoms with Crippen LogP contribution in [-0.2, 0) is 6.54 Å². The number of aromatic nitrogens is 2.